The molecular weight excluding hydrogens is 216 g/mol. The van der Waals surface area contributed by atoms with Gasteiger partial charge in [0.05, 0.1) is 0 Å². The quantitative estimate of drug-likeness (QED) is 0.444. The minimum atomic E-state index is 0. The van der Waals surface area contributed by atoms with E-state index in [0.29, 0.717) is 0 Å². The molecule has 0 saturated carbocycles. The van der Waals surface area contributed by atoms with Crippen molar-refractivity contribution in [3.05, 3.63) is 22.8 Å². The van der Waals surface area contributed by atoms with Crippen LogP contribution in [-0.4, -0.2) is 0 Å². The molecule has 0 amide bonds. The fourth-order valence-electron chi connectivity index (χ4n) is 1.41. The average molecular weight is 231 g/mol. The summed E-state index contributed by atoms with van der Waals surface area (Å²) in [5.74, 6) is 0. The van der Waals surface area contributed by atoms with E-state index in [1.807, 2.05) is 0 Å². The van der Waals surface area contributed by atoms with Crippen molar-refractivity contribution in [3.8, 4) is 0 Å². The van der Waals surface area contributed by atoms with E-state index in [1.54, 1.807) is 0 Å². The molecule has 0 aromatic carbocycles. The van der Waals surface area contributed by atoms with Gasteiger partial charge in [0.15, 0.2) is 0 Å². The van der Waals surface area contributed by atoms with Crippen LogP contribution in [0, 0.1) is 11.5 Å². The maximum atomic E-state index is 3.44. The summed E-state index contributed by atoms with van der Waals surface area (Å²) in [6.07, 6.45) is 3.44. The molecule has 62 valence electrons. The maximum absolute atomic E-state index is 3.44. The first kappa shape index (κ1) is 11.2. The normalized spacial score (nSPS) is 21.4. The zero-order chi connectivity index (χ0) is 7.94. The Hall–Kier alpha value is 0.168. The van der Waals surface area contributed by atoms with Crippen LogP contribution in [0.2, 0.25) is 0 Å². The molecule has 0 radical (unpaired) electrons. The molecule has 0 atom stereocenters. The first-order chi connectivity index (χ1) is 4.45. The molecule has 0 N–H and O–H groups in total. The SMILES string of the molecule is CC1=[C-]C(C)(C)C(C)=C1C.[Mo]. The maximum Gasteiger partial charge on any atom is 0 e. The Morgan fingerprint density at radius 3 is 1.64 bits per heavy atom. The van der Waals surface area contributed by atoms with Gasteiger partial charge in [-0.15, -0.1) is 6.92 Å². The van der Waals surface area contributed by atoms with Crippen molar-refractivity contribution in [2.24, 2.45) is 5.41 Å². The van der Waals surface area contributed by atoms with Gasteiger partial charge in [0.2, 0.25) is 0 Å². The third-order valence-electron chi connectivity index (χ3n) is 2.56. The molecule has 0 saturated heterocycles. The molecule has 1 aliphatic rings. The van der Waals surface area contributed by atoms with E-state index < -0.39 is 0 Å². The molecule has 0 bridgehead atoms. The van der Waals surface area contributed by atoms with E-state index in [1.165, 1.54) is 16.7 Å². The van der Waals surface area contributed by atoms with Crippen LogP contribution in [0.15, 0.2) is 16.7 Å². The molecule has 0 heterocycles. The van der Waals surface area contributed by atoms with Gasteiger partial charge in [-0.2, -0.15) is 11.1 Å². The molecule has 0 aromatic heterocycles. The largest absolute Gasteiger partial charge is 0.263 e. The summed E-state index contributed by atoms with van der Waals surface area (Å²) >= 11 is 0. The van der Waals surface area contributed by atoms with Crippen LogP contribution >= 0.6 is 0 Å². The fraction of sp³-hybridized carbons (Fsp3) is 0.600. The first-order valence-corrected chi connectivity index (χ1v) is 3.75. The Labute approximate surface area is 84.0 Å². The number of allylic oxidation sites excluding steroid dienone is 4. The van der Waals surface area contributed by atoms with Gasteiger partial charge < -0.3 is 0 Å². The summed E-state index contributed by atoms with van der Waals surface area (Å²) in [5.41, 5.74) is 4.39. The predicted octanol–water partition coefficient (Wildman–Crippen LogP) is 3.11. The van der Waals surface area contributed by atoms with E-state index in [4.69, 9.17) is 0 Å². The Morgan fingerprint density at radius 2 is 1.55 bits per heavy atom. The zero-order valence-electron chi connectivity index (χ0n) is 7.91. The van der Waals surface area contributed by atoms with E-state index >= 15 is 0 Å². The first-order valence-electron chi connectivity index (χ1n) is 3.75. The van der Waals surface area contributed by atoms with Crippen molar-refractivity contribution in [2.75, 3.05) is 0 Å². The van der Waals surface area contributed by atoms with Crippen LogP contribution < -0.4 is 0 Å². The average Bonchev–Trinajstić information content (AvgIpc) is 1.95. The molecule has 0 unspecified atom stereocenters. The molecule has 1 heteroatoms. The molecule has 11 heavy (non-hydrogen) atoms. The molecular formula is C10H15Mo-. The van der Waals surface area contributed by atoms with Gasteiger partial charge >= 0.3 is 0 Å². The molecule has 1 rings (SSSR count). The van der Waals surface area contributed by atoms with E-state index in [0.717, 1.165) is 0 Å². The number of hydrogen-bond donors (Lipinski definition) is 0. The topological polar surface area (TPSA) is 0 Å². The molecule has 0 nitrogen and oxygen atoms in total. The van der Waals surface area contributed by atoms with Gasteiger partial charge in [0, 0.05) is 21.1 Å². The summed E-state index contributed by atoms with van der Waals surface area (Å²) in [5, 5.41) is 0. The summed E-state index contributed by atoms with van der Waals surface area (Å²) < 4.78 is 0. The van der Waals surface area contributed by atoms with Crippen LogP contribution in [0.25, 0.3) is 0 Å². The second-order valence-corrected chi connectivity index (χ2v) is 3.62. The van der Waals surface area contributed by atoms with Crippen LogP contribution in [0.3, 0.4) is 0 Å². The number of rotatable bonds is 0. The summed E-state index contributed by atoms with van der Waals surface area (Å²) in [6, 6.07) is 0. The Kier molecular flexibility index (Phi) is 3.32. The Morgan fingerprint density at radius 1 is 1.09 bits per heavy atom. The molecule has 0 aromatic rings. The Balaban J connectivity index is 0.000001000. The van der Waals surface area contributed by atoms with Crippen LogP contribution in [0.1, 0.15) is 34.6 Å². The van der Waals surface area contributed by atoms with Crippen molar-refractivity contribution in [3.63, 3.8) is 0 Å². The van der Waals surface area contributed by atoms with Gasteiger partial charge in [0.25, 0.3) is 0 Å². The minimum Gasteiger partial charge on any atom is -0.263 e. The van der Waals surface area contributed by atoms with Crippen LogP contribution in [-0.2, 0) is 21.1 Å². The summed E-state index contributed by atoms with van der Waals surface area (Å²) in [4.78, 5) is 0. The summed E-state index contributed by atoms with van der Waals surface area (Å²) in [7, 11) is 0. The van der Waals surface area contributed by atoms with Gasteiger partial charge in [-0.1, -0.05) is 33.1 Å². The smallest absolute Gasteiger partial charge is 0 e. The third-order valence-corrected chi connectivity index (χ3v) is 2.56. The number of hydrogen-bond acceptors (Lipinski definition) is 0. The monoisotopic (exact) mass is 233 g/mol. The second-order valence-electron chi connectivity index (χ2n) is 3.62. The molecule has 0 aliphatic heterocycles. The van der Waals surface area contributed by atoms with Gasteiger partial charge in [-0.3, -0.25) is 6.08 Å². The van der Waals surface area contributed by atoms with Gasteiger partial charge in [0.1, 0.15) is 0 Å². The van der Waals surface area contributed by atoms with E-state index in [9.17, 15) is 0 Å². The van der Waals surface area contributed by atoms with Crippen LogP contribution in [0.5, 0.6) is 0 Å². The van der Waals surface area contributed by atoms with Crippen molar-refractivity contribution in [1.29, 1.82) is 0 Å². The molecule has 0 fully saturated rings. The second kappa shape index (κ2) is 3.27. The fourth-order valence-corrected chi connectivity index (χ4v) is 1.41. The van der Waals surface area contributed by atoms with Gasteiger partial charge in [-0.25, -0.2) is 5.57 Å². The van der Waals surface area contributed by atoms with Gasteiger partial charge in [-0.05, 0) is 0 Å². The minimum absolute atomic E-state index is 0. The van der Waals surface area contributed by atoms with Crippen molar-refractivity contribution < 1.29 is 21.1 Å². The zero-order valence-corrected chi connectivity index (χ0v) is 9.92. The van der Waals surface area contributed by atoms with E-state index in [2.05, 4.69) is 40.7 Å². The third kappa shape index (κ3) is 1.85. The van der Waals surface area contributed by atoms with Crippen LogP contribution in [0.4, 0.5) is 0 Å². The molecule has 1 aliphatic carbocycles. The summed E-state index contributed by atoms with van der Waals surface area (Å²) in [6.45, 7) is 10.9. The van der Waals surface area contributed by atoms with Crippen molar-refractivity contribution in [2.45, 2.75) is 34.6 Å². The predicted molar refractivity (Wildman–Crippen MR) is 44.6 cm³/mol. The standard InChI is InChI=1S/C10H15.Mo/c1-7-6-10(4,5)9(3)8(7)2;/h1-5H3;/q-1;. The molecule has 0 spiro atoms. The van der Waals surface area contributed by atoms with Crippen molar-refractivity contribution in [1.82, 2.24) is 0 Å². The Bertz CT molecular complexity index is 219. The van der Waals surface area contributed by atoms with Crippen molar-refractivity contribution >= 4 is 0 Å². The van der Waals surface area contributed by atoms with E-state index in [-0.39, 0.29) is 26.5 Å².